The van der Waals surface area contributed by atoms with E-state index in [2.05, 4.69) is 20.4 Å². The second kappa shape index (κ2) is 8.00. The first-order chi connectivity index (χ1) is 15.2. The van der Waals surface area contributed by atoms with Gasteiger partial charge < -0.3 is 4.74 Å². The lowest BCUT2D eigenvalue weighted by Gasteiger charge is -2.02. The number of pyridine rings is 1. The molecule has 31 heavy (non-hydrogen) atoms. The summed E-state index contributed by atoms with van der Waals surface area (Å²) in [6.07, 6.45) is 5.10. The molecule has 0 bridgehead atoms. The van der Waals surface area contributed by atoms with Crippen molar-refractivity contribution in [1.29, 1.82) is 0 Å². The molecule has 3 heterocycles. The van der Waals surface area contributed by atoms with Crippen LogP contribution in [0.3, 0.4) is 0 Å². The third-order valence-corrected chi connectivity index (χ3v) is 5.67. The molecule has 8 heteroatoms. The molecular formula is C23H17N5O2S. The standard InChI is InChI=1S/C23H17N5O2S/c1-30-18-10-5-11-19-21(18)25-23(31-19)26-22(29)17-14-28(16-8-3-2-4-9-16)27-20(17)15-7-6-12-24-13-15/h2-14H,1H3,(H,25,26,29). The number of rotatable bonds is 5. The van der Waals surface area contributed by atoms with Crippen LogP contribution in [0.25, 0.3) is 27.2 Å². The number of nitrogens with zero attached hydrogens (tertiary/aromatic N) is 4. The minimum Gasteiger partial charge on any atom is -0.494 e. The van der Waals surface area contributed by atoms with Crippen molar-refractivity contribution in [2.75, 3.05) is 12.4 Å². The third-order valence-electron chi connectivity index (χ3n) is 4.74. The van der Waals surface area contributed by atoms with Gasteiger partial charge in [0.15, 0.2) is 5.13 Å². The molecule has 0 aliphatic carbocycles. The minimum atomic E-state index is -0.293. The van der Waals surface area contributed by atoms with E-state index < -0.39 is 0 Å². The minimum absolute atomic E-state index is 0.293. The van der Waals surface area contributed by atoms with E-state index in [0.29, 0.717) is 22.1 Å². The Balaban J connectivity index is 1.54. The first-order valence-corrected chi connectivity index (χ1v) is 10.3. The number of methoxy groups -OCH3 is 1. The summed E-state index contributed by atoms with van der Waals surface area (Å²) >= 11 is 1.39. The topological polar surface area (TPSA) is 81.9 Å². The van der Waals surface area contributed by atoms with E-state index >= 15 is 0 Å². The van der Waals surface area contributed by atoms with Gasteiger partial charge in [0, 0.05) is 24.2 Å². The summed E-state index contributed by atoms with van der Waals surface area (Å²) < 4.78 is 8.00. The second-order valence-electron chi connectivity index (χ2n) is 6.69. The van der Waals surface area contributed by atoms with Crippen LogP contribution >= 0.6 is 11.3 Å². The van der Waals surface area contributed by atoms with E-state index in [1.165, 1.54) is 11.3 Å². The molecule has 1 amide bonds. The predicted molar refractivity (Wildman–Crippen MR) is 121 cm³/mol. The van der Waals surface area contributed by atoms with Crippen LogP contribution in [-0.2, 0) is 0 Å². The van der Waals surface area contributed by atoms with Gasteiger partial charge in [0.25, 0.3) is 5.91 Å². The number of hydrogen-bond donors (Lipinski definition) is 1. The Morgan fingerprint density at radius 3 is 2.71 bits per heavy atom. The number of carbonyl (C=O) groups excluding carboxylic acids is 1. The molecule has 0 saturated carbocycles. The van der Waals surface area contributed by atoms with E-state index in [-0.39, 0.29) is 5.91 Å². The van der Waals surface area contributed by atoms with Crippen LogP contribution in [0.1, 0.15) is 10.4 Å². The van der Waals surface area contributed by atoms with E-state index in [0.717, 1.165) is 21.5 Å². The van der Waals surface area contributed by atoms with Gasteiger partial charge in [0.2, 0.25) is 0 Å². The van der Waals surface area contributed by atoms with Crippen molar-refractivity contribution in [2.24, 2.45) is 0 Å². The highest BCUT2D eigenvalue weighted by Crippen LogP contribution is 2.33. The molecule has 5 aromatic rings. The summed E-state index contributed by atoms with van der Waals surface area (Å²) in [5.74, 6) is 0.376. The van der Waals surface area contributed by atoms with Crippen LogP contribution in [-0.4, -0.2) is 32.8 Å². The van der Waals surface area contributed by atoms with Crippen molar-refractivity contribution < 1.29 is 9.53 Å². The molecule has 0 unspecified atom stereocenters. The Hall–Kier alpha value is -4.04. The van der Waals surface area contributed by atoms with E-state index in [1.54, 1.807) is 30.4 Å². The molecule has 0 aliphatic rings. The maximum atomic E-state index is 13.2. The fourth-order valence-corrected chi connectivity index (χ4v) is 4.15. The highest BCUT2D eigenvalue weighted by molar-refractivity contribution is 7.22. The number of fused-ring (bicyclic) bond motifs is 1. The average Bonchev–Trinajstić information content (AvgIpc) is 3.44. The van der Waals surface area contributed by atoms with Crippen molar-refractivity contribution in [3.63, 3.8) is 0 Å². The molecule has 1 N–H and O–H groups in total. The molecule has 5 rings (SSSR count). The normalized spacial score (nSPS) is 10.9. The third kappa shape index (κ3) is 3.64. The second-order valence-corrected chi connectivity index (χ2v) is 7.72. The zero-order chi connectivity index (χ0) is 21.2. The summed E-state index contributed by atoms with van der Waals surface area (Å²) in [6.45, 7) is 0. The maximum absolute atomic E-state index is 13.2. The lowest BCUT2D eigenvalue weighted by atomic mass is 10.1. The zero-order valence-corrected chi connectivity index (χ0v) is 17.3. The Kier molecular flexibility index (Phi) is 4.89. The van der Waals surface area contributed by atoms with Gasteiger partial charge in [-0.05, 0) is 36.4 Å². The van der Waals surface area contributed by atoms with Crippen LogP contribution < -0.4 is 10.1 Å². The lowest BCUT2D eigenvalue weighted by Crippen LogP contribution is -2.12. The van der Waals surface area contributed by atoms with E-state index in [4.69, 9.17) is 4.74 Å². The molecule has 3 aromatic heterocycles. The average molecular weight is 427 g/mol. The number of nitrogens with one attached hydrogen (secondary N) is 1. The number of hydrogen-bond acceptors (Lipinski definition) is 6. The summed E-state index contributed by atoms with van der Waals surface area (Å²) in [5.41, 5.74) is 3.32. The molecule has 0 atom stereocenters. The largest absolute Gasteiger partial charge is 0.494 e. The molecule has 152 valence electrons. The SMILES string of the molecule is COc1cccc2sc(NC(=O)c3cn(-c4ccccc4)nc3-c3cccnc3)nc12. The number of para-hydroxylation sites is 2. The predicted octanol–water partition coefficient (Wildman–Crippen LogP) is 4.80. The summed E-state index contributed by atoms with van der Waals surface area (Å²) in [5, 5.41) is 8.07. The first-order valence-electron chi connectivity index (χ1n) is 9.53. The number of aromatic nitrogens is 4. The fraction of sp³-hybridized carbons (Fsp3) is 0.0435. The Bertz CT molecular complexity index is 1360. The van der Waals surface area contributed by atoms with E-state index in [9.17, 15) is 4.79 Å². The van der Waals surface area contributed by atoms with Crippen molar-refractivity contribution in [3.8, 4) is 22.7 Å². The molecular weight excluding hydrogens is 410 g/mol. The van der Waals surface area contributed by atoms with Crippen molar-refractivity contribution >= 4 is 32.6 Å². The molecule has 0 spiro atoms. The van der Waals surface area contributed by atoms with Crippen LogP contribution in [0.2, 0.25) is 0 Å². The van der Waals surface area contributed by atoms with Crippen LogP contribution in [0, 0.1) is 0 Å². The zero-order valence-electron chi connectivity index (χ0n) is 16.5. The molecule has 7 nitrogen and oxygen atoms in total. The van der Waals surface area contributed by atoms with Gasteiger partial charge in [-0.1, -0.05) is 35.6 Å². The summed E-state index contributed by atoms with van der Waals surface area (Å²) in [7, 11) is 1.60. The molecule has 0 saturated heterocycles. The van der Waals surface area contributed by atoms with Crippen molar-refractivity contribution in [3.05, 3.63) is 84.8 Å². The number of carbonyl (C=O) groups is 1. The van der Waals surface area contributed by atoms with E-state index in [1.807, 2.05) is 60.7 Å². The van der Waals surface area contributed by atoms with Crippen molar-refractivity contribution in [1.82, 2.24) is 19.7 Å². The molecule has 0 aliphatic heterocycles. The van der Waals surface area contributed by atoms with Gasteiger partial charge in [-0.3, -0.25) is 15.1 Å². The van der Waals surface area contributed by atoms with Crippen LogP contribution in [0.5, 0.6) is 5.75 Å². The monoisotopic (exact) mass is 427 g/mol. The number of thiazole rings is 1. The maximum Gasteiger partial charge on any atom is 0.261 e. The first kappa shape index (κ1) is 19.0. The Labute approximate surface area is 182 Å². The van der Waals surface area contributed by atoms with Gasteiger partial charge >= 0.3 is 0 Å². The van der Waals surface area contributed by atoms with Crippen LogP contribution in [0.15, 0.2) is 79.3 Å². The summed E-state index contributed by atoms with van der Waals surface area (Å²) in [6, 6.07) is 19.0. The fourth-order valence-electron chi connectivity index (χ4n) is 3.28. The number of anilines is 1. The number of ether oxygens (including phenoxy) is 1. The number of benzene rings is 2. The highest BCUT2D eigenvalue weighted by Gasteiger charge is 2.20. The van der Waals surface area contributed by atoms with Gasteiger partial charge in [-0.2, -0.15) is 5.10 Å². The van der Waals surface area contributed by atoms with Crippen LogP contribution in [0.4, 0.5) is 5.13 Å². The lowest BCUT2D eigenvalue weighted by molar-refractivity contribution is 0.102. The Morgan fingerprint density at radius 1 is 1.06 bits per heavy atom. The van der Waals surface area contributed by atoms with Gasteiger partial charge in [-0.25, -0.2) is 9.67 Å². The van der Waals surface area contributed by atoms with Gasteiger partial charge in [0.1, 0.15) is 17.0 Å². The van der Waals surface area contributed by atoms with Gasteiger partial charge in [0.05, 0.1) is 23.1 Å². The number of amides is 1. The molecule has 0 fully saturated rings. The Morgan fingerprint density at radius 2 is 1.94 bits per heavy atom. The van der Waals surface area contributed by atoms with Crippen molar-refractivity contribution in [2.45, 2.75) is 0 Å². The molecule has 2 aromatic carbocycles. The quantitative estimate of drug-likeness (QED) is 0.435. The summed E-state index contributed by atoms with van der Waals surface area (Å²) in [4.78, 5) is 21.9. The smallest absolute Gasteiger partial charge is 0.261 e. The van der Waals surface area contributed by atoms with Gasteiger partial charge in [-0.15, -0.1) is 0 Å². The molecule has 0 radical (unpaired) electrons. The highest BCUT2D eigenvalue weighted by atomic mass is 32.1.